The second kappa shape index (κ2) is 10.0. The van der Waals surface area contributed by atoms with Gasteiger partial charge < -0.3 is 4.74 Å². The van der Waals surface area contributed by atoms with Crippen molar-refractivity contribution in [3.8, 4) is 11.1 Å². The van der Waals surface area contributed by atoms with E-state index in [0.717, 1.165) is 16.7 Å². The molecule has 2 rings (SSSR count). The monoisotopic (exact) mass is 334 g/mol. The number of hydrogen-bond donors (Lipinski definition) is 0. The fraction of sp³-hybridized carbons (Fsp3) is 0.182. The first-order valence-electron chi connectivity index (χ1n) is 8.39. The molecule has 3 heteroatoms. The van der Waals surface area contributed by atoms with E-state index in [9.17, 15) is 9.59 Å². The van der Waals surface area contributed by atoms with Gasteiger partial charge in [0.1, 0.15) is 0 Å². The zero-order valence-electron chi connectivity index (χ0n) is 14.4. The van der Waals surface area contributed by atoms with E-state index in [-0.39, 0.29) is 11.8 Å². The third-order valence-electron chi connectivity index (χ3n) is 3.62. The van der Waals surface area contributed by atoms with Crippen molar-refractivity contribution in [3.63, 3.8) is 0 Å². The molecule has 0 saturated carbocycles. The minimum atomic E-state index is -0.360. The van der Waals surface area contributed by atoms with Gasteiger partial charge in [-0.3, -0.25) is 4.79 Å². The summed E-state index contributed by atoms with van der Waals surface area (Å²) in [6.45, 7) is 2.13. The average Bonchev–Trinajstić information content (AvgIpc) is 2.65. The minimum absolute atomic E-state index is 0.110. The Morgan fingerprint density at radius 2 is 1.60 bits per heavy atom. The number of carbonyl (C=O) groups excluding carboxylic acids is 2. The summed E-state index contributed by atoms with van der Waals surface area (Å²) in [7, 11) is 0. The summed E-state index contributed by atoms with van der Waals surface area (Å²) in [6.07, 6.45) is 7.68. The summed E-state index contributed by atoms with van der Waals surface area (Å²) >= 11 is 0. The Hall–Kier alpha value is -2.94. The zero-order valence-corrected chi connectivity index (χ0v) is 14.4. The lowest BCUT2D eigenvalue weighted by atomic mass is 10.0. The van der Waals surface area contributed by atoms with Gasteiger partial charge in [-0.2, -0.15) is 0 Å². The van der Waals surface area contributed by atoms with Gasteiger partial charge in [-0.15, -0.1) is 0 Å². The standard InChI is InChI=1S/C22H22O3/c1-2-25-22(24)13-9-4-3-8-12-21(23)20-16-14-19(15-17-20)18-10-6-5-7-11-18/h3-7,9-11,13-17H,2,8,12H2,1H3/b4-3+,13-9+. The normalized spacial score (nSPS) is 11.1. The van der Waals surface area contributed by atoms with E-state index in [1.54, 1.807) is 19.1 Å². The Bertz CT molecular complexity index is 741. The van der Waals surface area contributed by atoms with Crippen molar-refractivity contribution in [2.75, 3.05) is 6.61 Å². The minimum Gasteiger partial charge on any atom is -0.463 e. The van der Waals surface area contributed by atoms with Gasteiger partial charge in [-0.1, -0.05) is 72.8 Å². The van der Waals surface area contributed by atoms with Gasteiger partial charge in [0.25, 0.3) is 0 Å². The van der Waals surface area contributed by atoms with Crippen LogP contribution in [-0.4, -0.2) is 18.4 Å². The van der Waals surface area contributed by atoms with Gasteiger partial charge in [0.15, 0.2) is 5.78 Å². The topological polar surface area (TPSA) is 43.4 Å². The Labute approximate surface area is 148 Å². The first-order chi connectivity index (χ1) is 12.2. The van der Waals surface area contributed by atoms with Crippen LogP contribution in [0.1, 0.15) is 30.1 Å². The van der Waals surface area contributed by atoms with Crippen LogP contribution in [0.4, 0.5) is 0 Å². The van der Waals surface area contributed by atoms with E-state index in [0.29, 0.717) is 19.4 Å². The maximum atomic E-state index is 12.2. The molecule has 0 aliphatic rings. The lowest BCUT2D eigenvalue weighted by molar-refractivity contribution is -0.137. The molecule has 0 unspecified atom stereocenters. The van der Waals surface area contributed by atoms with Crippen molar-refractivity contribution < 1.29 is 14.3 Å². The van der Waals surface area contributed by atoms with Crippen molar-refractivity contribution in [2.24, 2.45) is 0 Å². The average molecular weight is 334 g/mol. The molecule has 2 aromatic carbocycles. The number of hydrogen-bond acceptors (Lipinski definition) is 3. The number of carbonyl (C=O) groups is 2. The van der Waals surface area contributed by atoms with E-state index in [2.05, 4.69) is 0 Å². The molecule has 0 saturated heterocycles. The van der Waals surface area contributed by atoms with E-state index < -0.39 is 0 Å². The summed E-state index contributed by atoms with van der Waals surface area (Å²) in [5.41, 5.74) is 2.95. The number of allylic oxidation sites excluding steroid dienone is 3. The summed E-state index contributed by atoms with van der Waals surface area (Å²) in [6, 6.07) is 17.8. The molecule has 0 spiro atoms. The fourth-order valence-corrected chi connectivity index (χ4v) is 2.34. The highest BCUT2D eigenvalue weighted by Crippen LogP contribution is 2.19. The number of rotatable bonds is 8. The number of benzene rings is 2. The maximum absolute atomic E-state index is 12.2. The van der Waals surface area contributed by atoms with Crippen molar-refractivity contribution in [1.82, 2.24) is 0 Å². The lowest BCUT2D eigenvalue weighted by Gasteiger charge is -2.03. The molecule has 0 aliphatic carbocycles. The molecular weight excluding hydrogens is 312 g/mol. The molecule has 0 atom stereocenters. The van der Waals surface area contributed by atoms with Crippen LogP contribution < -0.4 is 0 Å². The largest absolute Gasteiger partial charge is 0.463 e. The Morgan fingerprint density at radius 1 is 0.920 bits per heavy atom. The Kier molecular flexibility index (Phi) is 7.39. The fourth-order valence-electron chi connectivity index (χ4n) is 2.34. The van der Waals surface area contributed by atoms with Crippen LogP contribution in [-0.2, 0) is 9.53 Å². The number of esters is 1. The number of Topliss-reactive ketones (excluding diaryl/α,β-unsaturated/α-hetero) is 1. The predicted molar refractivity (Wildman–Crippen MR) is 100 cm³/mol. The molecule has 25 heavy (non-hydrogen) atoms. The van der Waals surface area contributed by atoms with Crippen LogP contribution in [0.25, 0.3) is 11.1 Å². The van der Waals surface area contributed by atoms with Gasteiger partial charge in [0, 0.05) is 18.1 Å². The zero-order chi connectivity index (χ0) is 17.9. The molecule has 0 aliphatic heterocycles. The second-order valence-electron chi connectivity index (χ2n) is 5.44. The first kappa shape index (κ1) is 18.4. The Morgan fingerprint density at radius 3 is 2.28 bits per heavy atom. The first-order valence-corrected chi connectivity index (χ1v) is 8.39. The van der Waals surface area contributed by atoms with Crippen LogP contribution in [0, 0.1) is 0 Å². The molecule has 3 nitrogen and oxygen atoms in total. The molecule has 0 N–H and O–H groups in total. The van der Waals surface area contributed by atoms with Gasteiger partial charge >= 0.3 is 5.97 Å². The third-order valence-corrected chi connectivity index (χ3v) is 3.62. The van der Waals surface area contributed by atoms with Crippen molar-refractivity contribution in [3.05, 3.63) is 84.5 Å². The van der Waals surface area contributed by atoms with E-state index in [1.807, 2.05) is 60.7 Å². The Balaban J connectivity index is 1.82. The molecule has 0 fully saturated rings. The van der Waals surface area contributed by atoms with Crippen LogP contribution >= 0.6 is 0 Å². The highest BCUT2D eigenvalue weighted by atomic mass is 16.5. The SMILES string of the molecule is CCOC(=O)/C=C/C=C/CCC(=O)c1ccc(-c2ccccc2)cc1. The van der Waals surface area contributed by atoms with Crippen molar-refractivity contribution in [2.45, 2.75) is 19.8 Å². The highest BCUT2D eigenvalue weighted by Gasteiger charge is 2.05. The third kappa shape index (κ3) is 6.22. The van der Waals surface area contributed by atoms with Gasteiger partial charge in [-0.25, -0.2) is 4.79 Å². The van der Waals surface area contributed by atoms with E-state index in [1.165, 1.54) is 6.08 Å². The summed E-state index contributed by atoms with van der Waals surface area (Å²) in [5.74, 6) is -0.250. The highest BCUT2D eigenvalue weighted by molar-refractivity contribution is 5.96. The molecular formula is C22H22O3. The van der Waals surface area contributed by atoms with Gasteiger partial charge in [0.05, 0.1) is 6.61 Å². The quantitative estimate of drug-likeness (QED) is 0.295. The number of ketones is 1. The smallest absolute Gasteiger partial charge is 0.330 e. The van der Waals surface area contributed by atoms with Crippen molar-refractivity contribution >= 4 is 11.8 Å². The van der Waals surface area contributed by atoms with Crippen molar-refractivity contribution in [1.29, 1.82) is 0 Å². The molecule has 0 heterocycles. The molecule has 0 aromatic heterocycles. The maximum Gasteiger partial charge on any atom is 0.330 e. The van der Waals surface area contributed by atoms with Gasteiger partial charge in [0.2, 0.25) is 0 Å². The molecule has 0 radical (unpaired) electrons. The lowest BCUT2D eigenvalue weighted by Crippen LogP contribution is -1.98. The molecule has 128 valence electrons. The second-order valence-corrected chi connectivity index (χ2v) is 5.44. The van der Waals surface area contributed by atoms with E-state index >= 15 is 0 Å². The molecule has 2 aromatic rings. The van der Waals surface area contributed by atoms with Crippen LogP contribution in [0.5, 0.6) is 0 Å². The number of ether oxygens (including phenoxy) is 1. The van der Waals surface area contributed by atoms with Crippen LogP contribution in [0.2, 0.25) is 0 Å². The molecule has 0 amide bonds. The summed E-state index contributed by atoms with van der Waals surface area (Å²) in [5, 5.41) is 0. The van der Waals surface area contributed by atoms with Crippen LogP contribution in [0.3, 0.4) is 0 Å². The summed E-state index contributed by atoms with van der Waals surface area (Å²) in [4.78, 5) is 23.3. The van der Waals surface area contributed by atoms with E-state index in [4.69, 9.17) is 4.74 Å². The predicted octanol–water partition coefficient (Wildman–Crippen LogP) is 4.99. The summed E-state index contributed by atoms with van der Waals surface area (Å²) < 4.78 is 4.77. The molecule has 0 bridgehead atoms. The van der Waals surface area contributed by atoms with Crippen LogP contribution in [0.15, 0.2) is 78.9 Å². The van der Waals surface area contributed by atoms with Gasteiger partial charge in [-0.05, 0) is 24.5 Å².